The lowest BCUT2D eigenvalue weighted by molar-refractivity contribution is 0.266. The summed E-state index contributed by atoms with van der Waals surface area (Å²) in [4.78, 5) is 23.1. The fraction of sp³-hybridized carbons (Fsp3) is 0.714. The van der Waals surface area contributed by atoms with E-state index < -0.39 is 15.2 Å². The van der Waals surface area contributed by atoms with Crippen LogP contribution in [0.1, 0.15) is 0 Å². The number of carbonyl (C=O) groups excluding carboxylic acids is 2. The van der Waals surface area contributed by atoms with Crippen molar-refractivity contribution in [3.8, 4) is 0 Å². The molecule has 0 heterocycles. The molecule has 0 fully saturated rings. The zero-order chi connectivity index (χ0) is 12.0. The summed E-state index contributed by atoms with van der Waals surface area (Å²) in [6, 6.07) is -0.151. The van der Waals surface area contributed by atoms with E-state index in [1.165, 1.54) is 0 Å². The number of nitrogens with two attached hydrogens (primary N) is 2. The fourth-order valence-corrected chi connectivity index (χ4v) is 3.17. The third kappa shape index (κ3) is 6.88. The van der Waals surface area contributed by atoms with Gasteiger partial charge in [-0.25, -0.2) is 0 Å². The van der Waals surface area contributed by atoms with Gasteiger partial charge in [-0.05, 0) is 25.9 Å². The minimum Gasteiger partial charge on any atom is -0.361 e. The molecule has 0 aromatic heterocycles. The maximum Gasteiger partial charge on any atom is 0.277 e. The van der Waals surface area contributed by atoms with Crippen LogP contribution in [0.4, 0.5) is 9.59 Å². The highest BCUT2D eigenvalue weighted by atomic mass is 35.5. The highest BCUT2D eigenvalue weighted by Crippen LogP contribution is 2.24. The van der Waals surface area contributed by atoms with Crippen molar-refractivity contribution in [1.82, 2.24) is 4.90 Å². The maximum absolute atomic E-state index is 10.7. The number of rotatable bonds is 5. The van der Waals surface area contributed by atoms with E-state index in [0.717, 1.165) is 23.5 Å². The van der Waals surface area contributed by atoms with Crippen molar-refractivity contribution in [1.29, 1.82) is 0 Å². The van der Waals surface area contributed by atoms with Crippen LogP contribution in [-0.4, -0.2) is 46.0 Å². The van der Waals surface area contributed by atoms with Crippen LogP contribution >= 0.6 is 35.1 Å². The predicted molar refractivity (Wildman–Crippen MR) is 66.3 cm³/mol. The van der Waals surface area contributed by atoms with Crippen LogP contribution in [0.25, 0.3) is 0 Å². The molecule has 0 aliphatic carbocycles. The minimum atomic E-state index is -0.536. The molecule has 0 saturated carbocycles. The molecule has 0 spiro atoms. The molecule has 0 aliphatic rings. The Morgan fingerprint density at radius 3 is 2.20 bits per heavy atom. The topological polar surface area (TPSA) is 89.4 Å². The molecule has 88 valence electrons. The van der Waals surface area contributed by atoms with E-state index in [0.29, 0.717) is 5.75 Å². The van der Waals surface area contributed by atoms with Gasteiger partial charge in [0.25, 0.3) is 10.5 Å². The molecular weight excluding hydrogens is 258 g/mol. The second kappa shape index (κ2) is 7.21. The van der Waals surface area contributed by atoms with Gasteiger partial charge in [-0.3, -0.25) is 9.59 Å². The summed E-state index contributed by atoms with van der Waals surface area (Å²) in [5, 5.41) is -0.999. The van der Waals surface area contributed by atoms with Crippen molar-refractivity contribution < 1.29 is 9.59 Å². The molecule has 2 atom stereocenters. The van der Waals surface area contributed by atoms with Crippen molar-refractivity contribution in [3.63, 3.8) is 0 Å². The molecule has 0 bridgehead atoms. The lowest BCUT2D eigenvalue weighted by atomic mass is 10.3. The Morgan fingerprint density at radius 2 is 1.87 bits per heavy atom. The summed E-state index contributed by atoms with van der Waals surface area (Å²) in [6.07, 6.45) is 0. The van der Waals surface area contributed by atoms with Crippen molar-refractivity contribution in [2.24, 2.45) is 11.5 Å². The number of primary amides is 2. The molecule has 4 N–H and O–H groups in total. The monoisotopic (exact) mass is 271 g/mol. The molecule has 2 unspecified atom stereocenters. The van der Waals surface area contributed by atoms with Crippen LogP contribution in [0.5, 0.6) is 0 Å². The van der Waals surface area contributed by atoms with Crippen molar-refractivity contribution in [2.45, 2.75) is 10.8 Å². The third-order valence-electron chi connectivity index (χ3n) is 1.59. The Hall–Kier alpha value is -0.110. The van der Waals surface area contributed by atoms with Crippen LogP contribution < -0.4 is 11.5 Å². The quantitative estimate of drug-likeness (QED) is 0.731. The Morgan fingerprint density at radius 1 is 1.33 bits per heavy atom. The number of hydrogen-bond acceptors (Lipinski definition) is 5. The second-order valence-corrected chi connectivity index (χ2v) is 5.85. The van der Waals surface area contributed by atoms with E-state index in [1.54, 1.807) is 0 Å². The molecule has 0 aromatic rings. The molecule has 8 heteroatoms. The van der Waals surface area contributed by atoms with Crippen LogP contribution in [-0.2, 0) is 0 Å². The van der Waals surface area contributed by atoms with E-state index in [2.05, 4.69) is 0 Å². The van der Waals surface area contributed by atoms with Gasteiger partial charge in [0, 0.05) is 11.8 Å². The Kier molecular flexibility index (Phi) is 7.16. The molecule has 0 rings (SSSR count). The van der Waals surface area contributed by atoms with Gasteiger partial charge in [0.15, 0.2) is 0 Å². The van der Waals surface area contributed by atoms with Crippen LogP contribution in [0.15, 0.2) is 0 Å². The van der Waals surface area contributed by atoms with Gasteiger partial charge in [-0.15, -0.1) is 11.6 Å². The Balaban J connectivity index is 4.24. The zero-order valence-corrected chi connectivity index (χ0v) is 10.9. The predicted octanol–water partition coefficient (Wildman–Crippen LogP) is 1.11. The van der Waals surface area contributed by atoms with Crippen molar-refractivity contribution in [3.05, 3.63) is 0 Å². The van der Waals surface area contributed by atoms with Crippen LogP contribution in [0.3, 0.4) is 0 Å². The summed E-state index contributed by atoms with van der Waals surface area (Å²) < 4.78 is -0.496. The molecule has 5 nitrogen and oxygen atoms in total. The van der Waals surface area contributed by atoms with Gasteiger partial charge in [0.05, 0.1) is 0 Å². The summed E-state index contributed by atoms with van der Waals surface area (Å²) in [7, 11) is 3.62. The lowest BCUT2D eigenvalue weighted by Crippen LogP contribution is -2.38. The molecule has 15 heavy (non-hydrogen) atoms. The summed E-state index contributed by atoms with van der Waals surface area (Å²) in [5.74, 6) is 0.427. The number of alkyl halides is 1. The first-order valence-corrected chi connectivity index (χ1v) is 6.33. The SMILES string of the molecule is CN(C)C(CSC(N)=O)C(Cl)SC(N)=O. The van der Waals surface area contributed by atoms with E-state index in [9.17, 15) is 9.59 Å². The summed E-state index contributed by atoms with van der Waals surface area (Å²) >= 11 is 7.79. The molecular formula is C7H14ClN3O2S2. The molecule has 0 saturated heterocycles. The Labute approximate surface area is 102 Å². The van der Waals surface area contributed by atoms with Gasteiger partial charge in [0.2, 0.25) is 0 Å². The van der Waals surface area contributed by atoms with E-state index >= 15 is 0 Å². The average Bonchev–Trinajstić information content (AvgIpc) is 2.01. The second-order valence-electron chi connectivity index (χ2n) is 2.95. The smallest absolute Gasteiger partial charge is 0.277 e. The Bertz CT molecular complexity index is 240. The van der Waals surface area contributed by atoms with Crippen LogP contribution in [0.2, 0.25) is 0 Å². The summed E-state index contributed by atoms with van der Waals surface area (Å²) in [5.41, 5.74) is 10.0. The van der Waals surface area contributed by atoms with Gasteiger partial charge < -0.3 is 16.4 Å². The van der Waals surface area contributed by atoms with E-state index in [4.69, 9.17) is 23.1 Å². The normalized spacial score (nSPS) is 14.9. The van der Waals surface area contributed by atoms with Gasteiger partial charge in [0.1, 0.15) is 4.71 Å². The van der Waals surface area contributed by atoms with Gasteiger partial charge >= 0.3 is 0 Å². The largest absolute Gasteiger partial charge is 0.361 e. The number of thioether (sulfide) groups is 2. The average molecular weight is 272 g/mol. The van der Waals surface area contributed by atoms with Crippen molar-refractivity contribution in [2.75, 3.05) is 19.8 Å². The van der Waals surface area contributed by atoms with Crippen LogP contribution in [0, 0.1) is 0 Å². The third-order valence-corrected chi connectivity index (χ3v) is 3.71. The first-order valence-electron chi connectivity index (χ1n) is 4.03. The van der Waals surface area contributed by atoms with Gasteiger partial charge in [-0.2, -0.15) is 0 Å². The molecule has 0 radical (unpaired) electrons. The highest BCUT2D eigenvalue weighted by Gasteiger charge is 2.24. The number of amides is 2. The van der Waals surface area contributed by atoms with Gasteiger partial charge in [-0.1, -0.05) is 11.8 Å². The fourth-order valence-electron chi connectivity index (χ4n) is 0.816. The number of carbonyl (C=O) groups is 2. The minimum absolute atomic E-state index is 0.151. The number of halogens is 1. The first kappa shape index (κ1) is 14.9. The van der Waals surface area contributed by atoms with Crippen molar-refractivity contribution >= 4 is 45.6 Å². The first-order chi connectivity index (χ1) is 6.84. The highest BCUT2D eigenvalue weighted by molar-refractivity contribution is 8.15. The summed E-state index contributed by atoms with van der Waals surface area (Å²) in [6.45, 7) is 0. The molecule has 0 aliphatic heterocycles. The maximum atomic E-state index is 10.7. The number of nitrogens with zero attached hydrogens (tertiary/aromatic N) is 1. The number of hydrogen-bond donors (Lipinski definition) is 2. The molecule has 0 aromatic carbocycles. The van der Waals surface area contributed by atoms with E-state index in [1.807, 2.05) is 19.0 Å². The lowest BCUT2D eigenvalue weighted by Gasteiger charge is -2.26. The van der Waals surface area contributed by atoms with E-state index in [-0.39, 0.29) is 6.04 Å². The zero-order valence-electron chi connectivity index (χ0n) is 8.47. The standard InChI is InChI=1S/C7H14ClN3O2S2/c1-11(2)4(3-14-6(9)12)5(8)15-7(10)13/h4-5H,3H2,1-2H3,(H2,9,12)(H2,10,13). The molecule has 2 amide bonds.